The molecule has 7 aromatic rings. The predicted octanol–water partition coefficient (Wildman–Crippen LogP) is 8.96. The standard InChI is InChI=1S/C49H43Cl2N3O8/c1-58-45-39(28-59-25-30-13-5-2-6-14-30)62-49(44(55)46(45)61-27-32-17-9-4-10-18-32)53-24-36(34-20-12-22-38(51)43(34)53)41-40(35-23-52-42-33(35)19-11-21-37(42)50)47(56)54(48(41)57)29-60-26-31-15-7-3-8-16-31/h2-24,39,44-46,49,52,55H,25-29H2,1H3/t39-,44-,45-,46-,49-/m1/s1. The summed E-state index contributed by atoms with van der Waals surface area (Å²) in [6.07, 6.45) is -1.38. The van der Waals surface area contributed by atoms with Crippen LogP contribution in [0, 0.1) is 0 Å². The zero-order valence-electron chi connectivity index (χ0n) is 33.7. The van der Waals surface area contributed by atoms with Crippen LogP contribution in [0.1, 0.15) is 34.0 Å². The molecule has 1 saturated heterocycles. The number of aliphatic hydroxyl groups is 1. The normalized spacial score (nSPS) is 20.6. The minimum Gasteiger partial charge on any atom is -0.386 e. The number of carbonyl (C=O) groups is 2. The molecule has 0 spiro atoms. The van der Waals surface area contributed by atoms with Gasteiger partial charge in [-0.2, -0.15) is 0 Å². The number of aromatic amines is 1. The van der Waals surface area contributed by atoms with Crippen LogP contribution >= 0.6 is 23.2 Å². The van der Waals surface area contributed by atoms with Crippen molar-refractivity contribution < 1.29 is 38.4 Å². The Morgan fingerprint density at radius 2 is 1.26 bits per heavy atom. The molecule has 4 heterocycles. The summed E-state index contributed by atoms with van der Waals surface area (Å²) in [5.74, 6) is -1.10. The molecule has 11 nitrogen and oxygen atoms in total. The number of fused-ring (bicyclic) bond motifs is 2. The van der Waals surface area contributed by atoms with E-state index >= 15 is 0 Å². The van der Waals surface area contributed by atoms with Crippen molar-refractivity contribution in [1.82, 2.24) is 14.5 Å². The van der Waals surface area contributed by atoms with Crippen molar-refractivity contribution in [3.8, 4) is 0 Å². The largest absolute Gasteiger partial charge is 0.386 e. The second-order valence-electron chi connectivity index (χ2n) is 15.2. The Balaban J connectivity index is 1.14. The summed E-state index contributed by atoms with van der Waals surface area (Å²) >= 11 is 13.7. The number of nitrogens with zero attached hydrogens (tertiary/aromatic N) is 2. The van der Waals surface area contributed by atoms with Crippen molar-refractivity contribution >= 4 is 68.0 Å². The van der Waals surface area contributed by atoms with Crippen LogP contribution in [0.5, 0.6) is 0 Å². The lowest BCUT2D eigenvalue weighted by Gasteiger charge is -2.44. The number of nitrogens with one attached hydrogen (secondary N) is 1. The molecule has 5 atom stereocenters. The Morgan fingerprint density at radius 3 is 1.90 bits per heavy atom. The third kappa shape index (κ3) is 8.10. The monoisotopic (exact) mass is 871 g/mol. The number of H-pyrrole nitrogens is 1. The van der Waals surface area contributed by atoms with Crippen molar-refractivity contribution in [1.29, 1.82) is 0 Å². The number of aliphatic hydroxyl groups excluding tert-OH is 1. The molecule has 2 amide bonds. The molecular weight excluding hydrogens is 829 g/mol. The fourth-order valence-corrected chi connectivity index (χ4v) is 8.90. The summed E-state index contributed by atoms with van der Waals surface area (Å²) in [7, 11) is 1.55. The maximum atomic E-state index is 14.8. The lowest BCUT2D eigenvalue weighted by atomic mass is 9.95. The highest BCUT2D eigenvalue weighted by Crippen LogP contribution is 2.45. The maximum Gasteiger partial charge on any atom is 0.264 e. The van der Waals surface area contributed by atoms with Gasteiger partial charge in [-0.25, -0.2) is 4.90 Å². The van der Waals surface area contributed by atoms with Crippen LogP contribution in [-0.4, -0.2) is 76.2 Å². The van der Waals surface area contributed by atoms with Crippen LogP contribution in [0.25, 0.3) is 33.0 Å². The Morgan fingerprint density at radius 1 is 0.677 bits per heavy atom. The summed E-state index contributed by atoms with van der Waals surface area (Å²) in [6, 6.07) is 39.7. The molecule has 2 aliphatic heterocycles. The molecule has 62 heavy (non-hydrogen) atoms. The number of aromatic nitrogens is 2. The average Bonchev–Trinajstić information content (AvgIpc) is 3.97. The topological polar surface area (TPSA) is 124 Å². The van der Waals surface area contributed by atoms with Crippen molar-refractivity contribution in [2.45, 2.75) is 50.5 Å². The van der Waals surface area contributed by atoms with E-state index < -0.39 is 42.5 Å². The highest BCUT2D eigenvalue weighted by molar-refractivity contribution is 6.51. The van der Waals surface area contributed by atoms with Gasteiger partial charge in [0.2, 0.25) is 0 Å². The summed E-state index contributed by atoms with van der Waals surface area (Å²) in [5.41, 5.74) is 5.06. The predicted molar refractivity (Wildman–Crippen MR) is 237 cm³/mol. The molecule has 1 fully saturated rings. The van der Waals surface area contributed by atoms with Gasteiger partial charge in [-0.3, -0.25) is 9.59 Å². The number of halogens is 2. The number of ether oxygens (including phenoxy) is 5. The molecule has 2 aliphatic rings. The fraction of sp³-hybridized carbons (Fsp3) is 0.224. The molecule has 2 N–H and O–H groups in total. The zero-order valence-corrected chi connectivity index (χ0v) is 35.2. The lowest BCUT2D eigenvalue weighted by molar-refractivity contribution is -0.271. The number of carbonyl (C=O) groups excluding carboxylic acids is 2. The number of benzene rings is 5. The van der Waals surface area contributed by atoms with Crippen molar-refractivity contribution in [3.05, 3.63) is 178 Å². The average molecular weight is 873 g/mol. The molecule has 0 radical (unpaired) electrons. The molecule has 316 valence electrons. The van der Waals surface area contributed by atoms with Crippen molar-refractivity contribution in [2.24, 2.45) is 0 Å². The molecule has 9 rings (SSSR count). The number of imide groups is 1. The smallest absolute Gasteiger partial charge is 0.264 e. The molecule has 5 aromatic carbocycles. The number of methoxy groups -OCH3 is 1. The van der Waals surface area contributed by atoms with Gasteiger partial charge in [0.1, 0.15) is 31.1 Å². The van der Waals surface area contributed by atoms with Gasteiger partial charge in [0.25, 0.3) is 11.8 Å². The van der Waals surface area contributed by atoms with E-state index in [1.54, 1.807) is 48.3 Å². The quantitative estimate of drug-likeness (QED) is 0.0980. The van der Waals surface area contributed by atoms with Gasteiger partial charge in [-0.05, 0) is 28.8 Å². The molecule has 13 heteroatoms. The highest BCUT2D eigenvalue weighted by atomic mass is 35.5. The Kier molecular flexibility index (Phi) is 12.4. The molecule has 2 aromatic heterocycles. The van der Waals surface area contributed by atoms with E-state index in [0.717, 1.165) is 21.6 Å². The maximum absolute atomic E-state index is 14.8. The summed E-state index contributed by atoms with van der Waals surface area (Å²) < 4.78 is 33.2. The Labute approximate surface area is 367 Å². The van der Waals surface area contributed by atoms with Gasteiger partial charge >= 0.3 is 0 Å². The van der Waals surface area contributed by atoms with Crippen LogP contribution in [0.3, 0.4) is 0 Å². The minimum atomic E-state index is -1.30. The van der Waals surface area contributed by atoms with E-state index in [9.17, 15) is 14.7 Å². The van der Waals surface area contributed by atoms with Crippen LogP contribution in [-0.2, 0) is 53.1 Å². The van der Waals surface area contributed by atoms with E-state index in [4.69, 9.17) is 46.9 Å². The number of amides is 2. The highest BCUT2D eigenvalue weighted by Gasteiger charge is 2.49. The lowest BCUT2D eigenvalue weighted by Crippen LogP contribution is -2.58. The van der Waals surface area contributed by atoms with Gasteiger partial charge in [0.05, 0.1) is 58.7 Å². The van der Waals surface area contributed by atoms with Gasteiger partial charge in [-0.15, -0.1) is 0 Å². The third-order valence-electron chi connectivity index (χ3n) is 11.4. The van der Waals surface area contributed by atoms with Crippen LogP contribution in [0.2, 0.25) is 10.0 Å². The molecule has 0 bridgehead atoms. The zero-order chi connectivity index (χ0) is 42.7. The Bertz CT molecular complexity index is 2740. The second-order valence-corrected chi connectivity index (χ2v) is 16.0. The molecule has 0 unspecified atom stereocenters. The third-order valence-corrected chi connectivity index (χ3v) is 12.0. The first kappa shape index (κ1) is 41.7. The number of para-hydroxylation sites is 2. The summed E-state index contributed by atoms with van der Waals surface area (Å²) in [6.45, 7) is 0.499. The van der Waals surface area contributed by atoms with Gasteiger partial charge < -0.3 is 38.3 Å². The van der Waals surface area contributed by atoms with E-state index in [-0.39, 0.29) is 37.7 Å². The second kappa shape index (κ2) is 18.4. The van der Waals surface area contributed by atoms with Crippen molar-refractivity contribution in [3.63, 3.8) is 0 Å². The van der Waals surface area contributed by atoms with Gasteiger partial charge in [0, 0.05) is 41.4 Å². The van der Waals surface area contributed by atoms with Crippen LogP contribution < -0.4 is 0 Å². The van der Waals surface area contributed by atoms with Crippen LogP contribution in [0.15, 0.2) is 140 Å². The van der Waals surface area contributed by atoms with Gasteiger partial charge in [0.15, 0.2) is 6.23 Å². The first-order valence-corrected chi connectivity index (χ1v) is 21.0. The van der Waals surface area contributed by atoms with Gasteiger partial charge in [-0.1, -0.05) is 138 Å². The Hall–Kier alpha value is -5.60. The number of rotatable bonds is 15. The minimum absolute atomic E-state index is 0.102. The molecule has 0 saturated carbocycles. The summed E-state index contributed by atoms with van der Waals surface area (Å²) in [5, 5.41) is 14.4. The van der Waals surface area contributed by atoms with E-state index in [1.165, 1.54) is 0 Å². The summed E-state index contributed by atoms with van der Waals surface area (Å²) in [4.78, 5) is 33.8. The van der Waals surface area contributed by atoms with E-state index in [2.05, 4.69) is 4.98 Å². The number of hydrogen-bond acceptors (Lipinski definition) is 8. The van der Waals surface area contributed by atoms with E-state index in [0.29, 0.717) is 49.6 Å². The fourth-order valence-electron chi connectivity index (χ4n) is 8.40. The SMILES string of the molecule is CO[C@H]1[C@H](OCc2ccccc2)[C@@H](O)[C@H](n2cc(C3=C(c4c[nH]c5c(Cl)cccc45)C(=O)N(COCc4ccccc4)C3=O)c3cccc(Cl)c32)O[C@@H]1COCc1ccccc1. The van der Waals surface area contributed by atoms with E-state index in [1.807, 2.05) is 103 Å². The van der Waals surface area contributed by atoms with Crippen LogP contribution in [0.4, 0.5) is 0 Å². The molecular formula is C49H43Cl2N3O8. The molecule has 0 aliphatic carbocycles. The first-order valence-electron chi connectivity index (χ1n) is 20.2. The number of hydrogen-bond donors (Lipinski definition) is 2. The first-order chi connectivity index (χ1) is 30.3. The van der Waals surface area contributed by atoms with Crippen molar-refractivity contribution in [2.75, 3.05) is 20.4 Å².